The van der Waals surface area contributed by atoms with Crippen LogP contribution in [0.2, 0.25) is 0 Å². The molecule has 2 amide bonds. The molecule has 0 spiro atoms. The normalized spacial score (nSPS) is 12.1. The topological polar surface area (TPSA) is 71.1 Å². The Balaban J connectivity index is 0.00000145. The minimum atomic E-state index is -0.237. The van der Waals surface area contributed by atoms with Crippen LogP contribution in [-0.2, 0) is 16.8 Å². The number of hydrogen-bond donors (Lipinski definition) is 1. The van der Waals surface area contributed by atoms with Gasteiger partial charge in [0.2, 0.25) is 0 Å². The molecule has 0 atom stereocenters. The average molecular weight is 512 g/mol. The van der Waals surface area contributed by atoms with Crippen LogP contribution in [0.25, 0.3) is 0 Å². The molecule has 1 aliphatic rings. The highest BCUT2D eigenvalue weighted by Gasteiger charge is 2.35. The molecule has 2 aromatic carbocycles. The predicted molar refractivity (Wildman–Crippen MR) is 155 cm³/mol. The van der Waals surface area contributed by atoms with Gasteiger partial charge in [-0.05, 0) is 54.5 Å². The maximum Gasteiger partial charge on any atom is 0.261 e. The number of carbonyl (C=O) groups is 3. The Morgan fingerprint density at radius 3 is 1.84 bits per heavy atom. The molecule has 5 heteroatoms. The van der Waals surface area contributed by atoms with Crippen molar-refractivity contribution in [3.05, 3.63) is 64.7 Å². The van der Waals surface area contributed by atoms with E-state index in [1.165, 1.54) is 10.5 Å². The molecule has 0 aromatic heterocycles. The number of ketones is 1. The van der Waals surface area contributed by atoms with Gasteiger partial charge in [-0.1, -0.05) is 87.4 Å². The molecule has 5 nitrogen and oxygen atoms in total. The lowest BCUT2D eigenvalue weighted by Crippen LogP contribution is -2.78. The number of nitrogens with zero attached hydrogens (tertiary/aromatic N) is 1. The van der Waals surface area contributed by atoms with Gasteiger partial charge in [0.15, 0.2) is 0 Å². The van der Waals surface area contributed by atoms with E-state index in [-0.39, 0.29) is 29.6 Å². The number of imide groups is 1. The van der Waals surface area contributed by atoms with Crippen LogP contribution in [0.3, 0.4) is 0 Å². The van der Waals surface area contributed by atoms with Crippen LogP contribution in [0.5, 0.6) is 0 Å². The first-order valence-corrected chi connectivity index (χ1v) is 13.9. The Bertz CT molecular complexity index is 971. The van der Waals surface area contributed by atoms with Gasteiger partial charge in [-0.2, -0.15) is 0 Å². The highest BCUT2D eigenvalue weighted by atomic mass is 16.2. The Morgan fingerprint density at radius 2 is 1.41 bits per heavy atom. The third-order valence-corrected chi connectivity index (χ3v) is 5.81. The number of hydrogen-bond acceptors (Lipinski definition) is 3. The number of nitrogens with two attached hydrogens (primary N) is 1. The molecule has 37 heavy (non-hydrogen) atoms. The fourth-order valence-electron chi connectivity index (χ4n) is 3.65. The number of benzene rings is 2. The van der Waals surface area contributed by atoms with Crippen molar-refractivity contribution < 1.29 is 19.7 Å². The van der Waals surface area contributed by atoms with Crippen LogP contribution in [-0.4, -0.2) is 29.0 Å². The van der Waals surface area contributed by atoms with Crippen molar-refractivity contribution in [2.75, 3.05) is 6.54 Å². The average Bonchev–Trinajstić information content (AvgIpc) is 3.11. The summed E-state index contributed by atoms with van der Waals surface area (Å²) in [7, 11) is 0. The Kier molecular flexibility index (Phi) is 15.6. The van der Waals surface area contributed by atoms with Gasteiger partial charge in [0.05, 0.1) is 30.6 Å². The van der Waals surface area contributed by atoms with Crippen molar-refractivity contribution >= 4 is 23.3 Å². The number of amides is 2. The van der Waals surface area contributed by atoms with Gasteiger partial charge in [0.1, 0.15) is 11.5 Å². The van der Waals surface area contributed by atoms with Crippen LogP contribution < -0.4 is 5.32 Å². The van der Waals surface area contributed by atoms with Crippen LogP contribution in [0.15, 0.2) is 42.5 Å². The molecule has 3 rings (SSSR count). The molecular weight excluding hydrogens is 460 g/mol. The van der Waals surface area contributed by atoms with Crippen LogP contribution >= 0.6 is 0 Å². The van der Waals surface area contributed by atoms with E-state index in [9.17, 15) is 14.4 Å². The number of fused-ring (bicyclic) bond motifs is 1. The van der Waals surface area contributed by atoms with E-state index in [2.05, 4.69) is 52.9 Å². The van der Waals surface area contributed by atoms with E-state index < -0.39 is 0 Å². The third-order valence-electron chi connectivity index (χ3n) is 5.81. The van der Waals surface area contributed by atoms with Crippen molar-refractivity contribution in [1.29, 1.82) is 0 Å². The summed E-state index contributed by atoms with van der Waals surface area (Å²) in [5.41, 5.74) is 4.11. The Hall–Kier alpha value is -2.79. The van der Waals surface area contributed by atoms with Crippen molar-refractivity contribution in [1.82, 2.24) is 4.90 Å². The Labute approximate surface area is 226 Å². The predicted octanol–water partition coefficient (Wildman–Crippen LogP) is 7.06. The first-order chi connectivity index (χ1) is 17.5. The molecule has 0 saturated heterocycles. The minimum absolute atomic E-state index is 0.0555. The molecule has 2 aromatic rings. The molecule has 0 unspecified atom stereocenters. The van der Waals surface area contributed by atoms with Gasteiger partial charge < -0.3 is 5.32 Å². The van der Waals surface area contributed by atoms with Gasteiger partial charge in [-0.25, -0.2) is 0 Å². The molecule has 0 radical (unpaired) electrons. The monoisotopic (exact) mass is 511 g/mol. The van der Waals surface area contributed by atoms with E-state index in [1.807, 2.05) is 39.8 Å². The number of carbonyl (C=O) groups excluding carboxylic acids is 3. The molecule has 1 heterocycles. The van der Waals surface area contributed by atoms with Gasteiger partial charge in [-0.15, -0.1) is 0 Å². The molecule has 0 saturated carbocycles. The van der Waals surface area contributed by atoms with Crippen LogP contribution in [0.4, 0.5) is 5.69 Å². The highest BCUT2D eigenvalue weighted by Crippen LogP contribution is 2.32. The summed E-state index contributed by atoms with van der Waals surface area (Å²) in [6.07, 6.45) is 1.49. The lowest BCUT2D eigenvalue weighted by Gasteiger charge is -2.26. The standard InChI is InChI=1S/C24H28N2O3.C4H10.2C2H6/c1-5-24(3,4)20-14-17(10-11-21(20)25-13-12-16(2)27)15-26-22(28)18-8-6-7-9-19(18)23(26)29;1-4(2)3;2*1-2/h6-11,14,25H,5,12-13,15H2,1-4H3;4H,1-3H3;2*1-2H3/p+1. The van der Waals surface area contributed by atoms with Crippen molar-refractivity contribution in [3.63, 3.8) is 0 Å². The fraction of sp³-hybridized carbons (Fsp3) is 0.531. The molecular formula is C32H51N2O3+. The summed E-state index contributed by atoms with van der Waals surface area (Å²) in [5, 5.41) is 2.11. The van der Waals surface area contributed by atoms with Crippen LogP contribution in [0.1, 0.15) is 121 Å². The van der Waals surface area contributed by atoms with E-state index in [0.29, 0.717) is 24.1 Å². The summed E-state index contributed by atoms with van der Waals surface area (Å²) >= 11 is 0. The first-order valence-electron chi connectivity index (χ1n) is 13.9. The number of quaternary nitrogens is 1. The second kappa shape index (κ2) is 16.9. The summed E-state index contributed by atoms with van der Waals surface area (Å²) in [5.74, 6) is 0.540. The zero-order chi connectivity index (χ0) is 28.8. The zero-order valence-corrected chi connectivity index (χ0v) is 25.2. The zero-order valence-electron chi connectivity index (χ0n) is 25.2. The smallest absolute Gasteiger partial charge is 0.261 e. The molecule has 0 aliphatic carbocycles. The van der Waals surface area contributed by atoms with E-state index in [0.717, 1.165) is 23.6 Å². The molecule has 2 N–H and O–H groups in total. The van der Waals surface area contributed by atoms with Gasteiger partial charge in [0, 0.05) is 5.56 Å². The SMILES string of the molecule is CC.CC.CC(C)C.CCC(C)(C)c1cc(CN2C(=O)c3ccccc3C2=O)ccc1[NH2+]CCC(C)=O. The van der Waals surface area contributed by atoms with Crippen molar-refractivity contribution in [2.45, 2.75) is 101 Å². The molecule has 206 valence electrons. The lowest BCUT2D eigenvalue weighted by atomic mass is 9.80. The maximum atomic E-state index is 12.7. The molecule has 0 fully saturated rings. The summed E-state index contributed by atoms with van der Waals surface area (Å²) in [6, 6.07) is 13.1. The summed E-state index contributed by atoms with van der Waals surface area (Å²) in [6.45, 7) is 23.6. The van der Waals surface area contributed by atoms with Gasteiger partial charge in [0.25, 0.3) is 11.8 Å². The minimum Gasteiger partial charge on any atom is -0.313 e. The molecule has 1 aliphatic heterocycles. The van der Waals surface area contributed by atoms with E-state index in [1.54, 1.807) is 31.2 Å². The van der Waals surface area contributed by atoms with Crippen molar-refractivity contribution in [2.24, 2.45) is 5.92 Å². The fourth-order valence-corrected chi connectivity index (χ4v) is 3.65. The second-order valence-electron chi connectivity index (χ2n) is 10.1. The first kappa shape index (κ1) is 34.2. The van der Waals surface area contributed by atoms with Crippen LogP contribution in [0, 0.1) is 5.92 Å². The highest BCUT2D eigenvalue weighted by molar-refractivity contribution is 6.21. The number of Topliss-reactive ketones (excluding diaryl/α,β-unsaturated/α-hetero) is 1. The number of rotatable bonds is 8. The largest absolute Gasteiger partial charge is 0.313 e. The lowest BCUT2D eigenvalue weighted by molar-refractivity contribution is -0.570. The van der Waals surface area contributed by atoms with Crippen molar-refractivity contribution in [3.8, 4) is 0 Å². The second-order valence-corrected chi connectivity index (χ2v) is 10.1. The summed E-state index contributed by atoms with van der Waals surface area (Å²) in [4.78, 5) is 38.0. The Morgan fingerprint density at radius 1 is 0.919 bits per heavy atom. The quantitative estimate of drug-likeness (QED) is 0.305. The van der Waals surface area contributed by atoms with Gasteiger partial charge >= 0.3 is 0 Å². The van der Waals surface area contributed by atoms with Gasteiger partial charge in [-0.3, -0.25) is 19.3 Å². The van der Waals surface area contributed by atoms with E-state index in [4.69, 9.17) is 0 Å². The van der Waals surface area contributed by atoms with E-state index >= 15 is 0 Å². The maximum absolute atomic E-state index is 12.7. The third kappa shape index (κ3) is 10.2. The molecule has 0 bridgehead atoms. The summed E-state index contributed by atoms with van der Waals surface area (Å²) < 4.78 is 0.